The molecule has 0 bridgehead atoms. The highest BCUT2D eigenvalue weighted by Crippen LogP contribution is 2.32. The molecule has 4 rings (SSSR count). The topological polar surface area (TPSA) is 48.0 Å². The maximum atomic E-state index is 12.6. The predicted octanol–water partition coefficient (Wildman–Crippen LogP) is 4.07. The Morgan fingerprint density at radius 2 is 1.65 bits per heavy atom. The predicted molar refractivity (Wildman–Crippen MR) is 135 cm³/mol. The van der Waals surface area contributed by atoms with Gasteiger partial charge in [-0.15, -0.1) is 0 Å². The highest BCUT2D eigenvalue weighted by Gasteiger charge is 2.21. The van der Waals surface area contributed by atoms with E-state index in [0.29, 0.717) is 49.2 Å². The Kier molecular flexibility index (Phi) is 7.99. The summed E-state index contributed by atoms with van der Waals surface area (Å²) in [6.07, 6.45) is 0. The molecule has 1 aliphatic rings. The number of nitrogens with zero attached hydrogens (tertiary/aromatic N) is 1. The van der Waals surface area contributed by atoms with Crippen molar-refractivity contribution in [3.63, 3.8) is 0 Å². The molecular weight excluding hydrogens is 447 g/mol. The molecule has 0 aromatic heterocycles. The fourth-order valence-electron chi connectivity index (χ4n) is 3.65. The van der Waals surface area contributed by atoms with Crippen LogP contribution in [-0.4, -0.2) is 64.8 Å². The summed E-state index contributed by atoms with van der Waals surface area (Å²) in [5.41, 5.74) is 3.45. The molecule has 0 unspecified atom stereocenters. The molecule has 0 N–H and O–H groups in total. The van der Waals surface area contributed by atoms with Gasteiger partial charge in [-0.05, 0) is 41.0 Å². The molecule has 1 saturated heterocycles. The number of ether oxygens (including phenoxy) is 3. The molecule has 1 fully saturated rings. The van der Waals surface area contributed by atoms with Crippen LogP contribution in [0.25, 0.3) is 11.1 Å². The third-order valence-electron chi connectivity index (χ3n) is 5.43. The molecule has 170 valence electrons. The van der Waals surface area contributed by atoms with Crippen molar-refractivity contribution in [1.82, 2.24) is 4.90 Å². The van der Waals surface area contributed by atoms with Gasteiger partial charge in [0.05, 0.1) is 31.5 Å². The van der Waals surface area contributed by atoms with E-state index in [4.69, 9.17) is 41.5 Å². The summed E-state index contributed by atoms with van der Waals surface area (Å²) in [6.45, 7) is 2.72. The third-order valence-corrected chi connectivity index (χ3v) is 5.73. The molecule has 1 heterocycles. The monoisotopic (exact) mass is 471 g/mol. The minimum absolute atomic E-state index is 0.00773. The molecule has 1 aliphatic heterocycles. The minimum Gasteiger partial charge on any atom is -0.503 e. The molecule has 5 nitrogen and oxygen atoms in total. The molecular formula is C26H24B2ClNO4. The van der Waals surface area contributed by atoms with Gasteiger partial charge in [0.25, 0.3) is 5.91 Å². The molecule has 0 atom stereocenters. The first-order valence-corrected chi connectivity index (χ1v) is 11.4. The van der Waals surface area contributed by atoms with Crippen LogP contribution in [0.2, 0.25) is 5.02 Å². The van der Waals surface area contributed by atoms with Crippen LogP contribution in [0.4, 0.5) is 0 Å². The van der Waals surface area contributed by atoms with E-state index >= 15 is 0 Å². The lowest BCUT2D eigenvalue weighted by Gasteiger charge is -2.28. The van der Waals surface area contributed by atoms with Gasteiger partial charge in [-0.2, -0.15) is 0 Å². The van der Waals surface area contributed by atoms with Gasteiger partial charge in [0.2, 0.25) is 0 Å². The molecule has 3 aromatic carbocycles. The van der Waals surface area contributed by atoms with Crippen LogP contribution >= 0.6 is 11.6 Å². The summed E-state index contributed by atoms with van der Waals surface area (Å²) >= 11 is 6.45. The second-order valence-corrected chi connectivity index (χ2v) is 8.57. The van der Waals surface area contributed by atoms with E-state index in [1.807, 2.05) is 60.7 Å². The minimum atomic E-state index is -1.54. The van der Waals surface area contributed by atoms with Gasteiger partial charge in [-0.3, -0.25) is 4.79 Å². The number of hydrogen-bond acceptors (Lipinski definition) is 4. The first-order chi connectivity index (χ1) is 16.4. The van der Waals surface area contributed by atoms with Crippen molar-refractivity contribution in [3.05, 3.63) is 88.9 Å². The highest BCUT2D eigenvalue weighted by molar-refractivity contribution is 6.39. The Hall–Kier alpha value is -2.73. The fraction of sp³-hybridized carbons (Fsp3) is 0.269. The number of benzene rings is 3. The molecule has 4 radical (unpaired) electrons. The van der Waals surface area contributed by atoms with Gasteiger partial charge in [-0.1, -0.05) is 60.1 Å². The van der Waals surface area contributed by atoms with E-state index in [2.05, 4.69) is 0 Å². The maximum absolute atomic E-state index is 12.6. The number of halogens is 1. The summed E-state index contributed by atoms with van der Waals surface area (Å²) in [5.74, 6) is 0.367. The van der Waals surface area contributed by atoms with E-state index in [1.54, 1.807) is 17.0 Å². The fourth-order valence-corrected chi connectivity index (χ4v) is 3.87. The van der Waals surface area contributed by atoms with Crippen LogP contribution in [0.1, 0.15) is 15.9 Å². The lowest BCUT2D eigenvalue weighted by atomic mass is 9.65. The first kappa shape index (κ1) is 24.4. The van der Waals surface area contributed by atoms with Gasteiger partial charge < -0.3 is 19.1 Å². The van der Waals surface area contributed by atoms with Gasteiger partial charge in [0.15, 0.2) is 0 Å². The second kappa shape index (κ2) is 11.1. The van der Waals surface area contributed by atoms with Crippen molar-refractivity contribution in [2.24, 2.45) is 0 Å². The summed E-state index contributed by atoms with van der Waals surface area (Å²) in [6, 6.07) is 22.5. The molecule has 3 aromatic rings. The van der Waals surface area contributed by atoms with Crippen LogP contribution in [0.5, 0.6) is 5.75 Å². The molecule has 34 heavy (non-hydrogen) atoms. The van der Waals surface area contributed by atoms with Crippen LogP contribution in [0, 0.1) is 0 Å². The number of hydrogen-bond donors (Lipinski definition) is 0. The standard InChI is InChI=1S/C26H24B2ClNO4/c27-26(28,18-33-17-19-4-2-1-3-5-19)34-24-11-10-22(16-23(24)29)20-6-8-21(9-7-20)25(31)30-12-14-32-15-13-30/h1-11,16H,12-15,17-18H2. The quantitative estimate of drug-likeness (QED) is 0.465. The molecule has 1 amide bonds. The normalized spacial score (nSPS) is 14.1. The summed E-state index contributed by atoms with van der Waals surface area (Å²) < 4.78 is 16.6. The van der Waals surface area contributed by atoms with E-state index in [9.17, 15) is 4.79 Å². The van der Waals surface area contributed by atoms with E-state index in [0.717, 1.165) is 16.7 Å². The zero-order valence-electron chi connectivity index (χ0n) is 18.8. The summed E-state index contributed by atoms with van der Waals surface area (Å²) in [5, 5.41) is -1.17. The number of amides is 1. The van der Waals surface area contributed by atoms with E-state index in [-0.39, 0.29) is 12.5 Å². The van der Waals surface area contributed by atoms with Crippen LogP contribution < -0.4 is 4.74 Å². The lowest BCUT2D eigenvalue weighted by molar-refractivity contribution is 0.0303. The molecule has 8 heteroatoms. The van der Waals surface area contributed by atoms with Crippen LogP contribution in [0.3, 0.4) is 0 Å². The Morgan fingerprint density at radius 3 is 2.32 bits per heavy atom. The summed E-state index contributed by atoms with van der Waals surface area (Å²) in [4.78, 5) is 14.4. The average Bonchev–Trinajstić information content (AvgIpc) is 2.86. The Labute approximate surface area is 207 Å². The lowest BCUT2D eigenvalue weighted by Crippen LogP contribution is -2.42. The third kappa shape index (κ3) is 6.44. The second-order valence-electron chi connectivity index (χ2n) is 8.16. The van der Waals surface area contributed by atoms with Crippen molar-refractivity contribution >= 4 is 33.2 Å². The first-order valence-electron chi connectivity index (χ1n) is 11.1. The average molecular weight is 472 g/mol. The van der Waals surface area contributed by atoms with Gasteiger partial charge in [0.1, 0.15) is 21.4 Å². The van der Waals surface area contributed by atoms with Crippen molar-refractivity contribution < 1.29 is 19.0 Å². The number of morpholine rings is 1. The Bertz CT molecular complexity index is 1100. The van der Waals surface area contributed by atoms with Gasteiger partial charge >= 0.3 is 0 Å². The van der Waals surface area contributed by atoms with Gasteiger partial charge in [0, 0.05) is 24.1 Å². The van der Waals surface area contributed by atoms with Crippen LogP contribution in [-0.2, 0) is 16.1 Å². The van der Waals surface area contributed by atoms with E-state index in [1.165, 1.54) is 0 Å². The zero-order valence-corrected chi connectivity index (χ0v) is 19.5. The van der Waals surface area contributed by atoms with Crippen LogP contribution in [0.15, 0.2) is 72.8 Å². The zero-order chi connectivity index (χ0) is 24.0. The van der Waals surface area contributed by atoms with Gasteiger partial charge in [-0.25, -0.2) is 0 Å². The van der Waals surface area contributed by atoms with E-state index < -0.39 is 5.40 Å². The SMILES string of the molecule is [B]C([B])(COCc1ccccc1)Oc1ccc(-c2ccc(C(=O)N3CCOCC3)cc2)cc1Cl. The number of carbonyl (C=O) groups is 1. The maximum Gasteiger partial charge on any atom is 0.254 e. The smallest absolute Gasteiger partial charge is 0.254 e. The number of rotatable bonds is 8. The van der Waals surface area contributed by atoms with Crippen molar-refractivity contribution in [2.75, 3.05) is 32.9 Å². The van der Waals surface area contributed by atoms with Crippen molar-refractivity contribution in [1.29, 1.82) is 0 Å². The Balaban J connectivity index is 1.37. The van der Waals surface area contributed by atoms with Crippen molar-refractivity contribution in [3.8, 4) is 16.9 Å². The Morgan fingerprint density at radius 1 is 0.971 bits per heavy atom. The highest BCUT2D eigenvalue weighted by atomic mass is 35.5. The molecule has 0 aliphatic carbocycles. The molecule has 0 spiro atoms. The molecule has 0 saturated carbocycles. The van der Waals surface area contributed by atoms with Crippen molar-refractivity contribution in [2.45, 2.75) is 12.0 Å². The number of carbonyl (C=O) groups excluding carboxylic acids is 1. The summed E-state index contributed by atoms with van der Waals surface area (Å²) in [7, 11) is 12.1. The largest absolute Gasteiger partial charge is 0.503 e.